The van der Waals surface area contributed by atoms with E-state index in [1.54, 1.807) is 31.0 Å². The van der Waals surface area contributed by atoms with Crippen LogP contribution in [0.15, 0.2) is 67.4 Å². The maximum Gasteiger partial charge on any atom is 0.181 e. The van der Waals surface area contributed by atoms with Gasteiger partial charge in [-0.2, -0.15) is 5.10 Å². The van der Waals surface area contributed by atoms with Crippen LogP contribution in [-0.2, 0) is 0 Å². The maximum atomic E-state index is 4.47. The van der Waals surface area contributed by atoms with Gasteiger partial charge in [0.25, 0.3) is 0 Å². The summed E-state index contributed by atoms with van der Waals surface area (Å²) in [6.45, 7) is 0. The van der Waals surface area contributed by atoms with E-state index in [0.29, 0.717) is 17.3 Å². The summed E-state index contributed by atoms with van der Waals surface area (Å²) in [7, 11) is 0. The van der Waals surface area contributed by atoms with Crippen molar-refractivity contribution >= 4 is 0 Å². The molecular weight excluding hydrogens is 288 g/mol. The molecule has 0 fully saturated rings. The van der Waals surface area contributed by atoms with E-state index >= 15 is 0 Å². The van der Waals surface area contributed by atoms with E-state index in [-0.39, 0.29) is 0 Å². The number of H-pyrrole nitrogens is 1. The smallest absolute Gasteiger partial charge is 0.181 e. The normalized spacial score (nSPS) is 10.6. The molecule has 0 radical (unpaired) electrons. The molecule has 0 bridgehead atoms. The SMILES string of the molecule is c1cc(-c2ccc(-c3n[nH]c(-c4cnccn4)n3)cc2)ccn1. The molecule has 0 aliphatic heterocycles. The van der Waals surface area contributed by atoms with Crippen molar-refractivity contribution in [1.29, 1.82) is 0 Å². The monoisotopic (exact) mass is 300 g/mol. The van der Waals surface area contributed by atoms with Gasteiger partial charge in [0.2, 0.25) is 0 Å². The number of aromatic amines is 1. The van der Waals surface area contributed by atoms with Gasteiger partial charge < -0.3 is 0 Å². The number of nitrogens with zero attached hydrogens (tertiary/aromatic N) is 5. The lowest BCUT2D eigenvalue weighted by atomic mass is 10.1. The number of nitrogens with one attached hydrogen (secondary N) is 1. The molecule has 0 amide bonds. The van der Waals surface area contributed by atoms with E-state index < -0.39 is 0 Å². The Morgan fingerprint density at radius 2 is 1.43 bits per heavy atom. The number of hydrogen-bond donors (Lipinski definition) is 1. The summed E-state index contributed by atoms with van der Waals surface area (Å²) in [5, 5.41) is 7.15. The third-order valence-corrected chi connectivity index (χ3v) is 3.45. The molecule has 6 heteroatoms. The van der Waals surface area contributed by atoms with Gasteiger partial charge in [0.1, 0.15) is 5.69 Å². The Balaban J connectivity index is 1.63. The highest BCUT2D eigenvalue weighted by molar-refractivity contribution is 5.67. The highest BCUT2D eigenvalue weighted by Crippen LogP contribution is 2.23. The Morgan fingerprint density at radius 3 is 2.17 bits per heavy atom. The number of pyridine rings is 1. The second-order valence-corrected chi connectivity index (χ2v) is 4.91. The number of rotatable bonds is 3. The van der Waals surface area contributed by atoms with E-state index in [1.165, 1.54) is 0 Å². The van der Waals surface area contributed by atoms with Crippen LogP contribution >= 0.6 is 0 Å². The lowest BCUT2D eigenvalue weighted by Crippen LogP contribution is -1.86. The molecule has 3 aromatic heterocycles. The van der Waals surface area contributed by atoms with Crippen LogP contribution in [-0.4, -0.2) is 30.1 Å². The van der Waals surface area contributed by atoms with E-state index in [2.05, 4.69) is 30.1 Å². The molecule has 0 saturated heterocycles. The second kappa shape index (κ2) is 5.76. The van der Waals surface area contributed by atoms with Gasteiger partial charge in [0.15, 0.2) is 11.6 Å². The quantitative estimate of drug-likeness (QED) is 0.629. The highest BCUT2D eigenvalue weighted by Gasteiger charge is 2.09. The van der Waals surface area contributed by atoms with Crippen LogP contribution in [0.4, 0.5) is 0 Å². The average Bonchev–Trinajstić information content (AvgIpc) is 3.14. The zero-order chi connectivity index (χ0) is 15.5. The van der Waals surface area contributed by atoms with E-state index in [0.717, 1.165) is 16.7 Å². The van der Waals surface area contributed by atoms with Crippen molar-refractivity contribution in [3.8, 4) is 34.0 Å². The topological polar surface area (TPSA) is 80.2 Å². The summed E-state index contributed by atoms with van der Waals surface area (Å²) in [5.74, 6) is 1.23. The zero-order valence-electron chi connectivity index (χ0n) is 12.1. The molecule has 0 atom stereocenters. The minimum absolute atomic E-state index is 0.603. The van der Waals surface area contributed by atoms with Gasteiger partial charge in [-0.3, -0.25) is 15.1 Å². The third-order valence-electron chi connectivity index (χ3n) is 3.45. The standard InChI is InChI=1S/C17H12N6/c1-3-14(4-2-12(1)13-5-7-18-8-6-13)16-21-17(23-22-16)15-11-19-9-10-20-15/h1-11H,(H,21,22,23). The number of hydrogen-bond acceptors (Lipinski definition) is 5. The third kappa shape index (κ3) is 2.69. The second-order valence-electron chi connectivity index (χ2n) is 4.91. The Labute approximate surface area is 132 Å². The van der Waals surface area contributed by atoms with Crippen molar-refractivity contribution in [3.63, 3.8) is 0 Å². The Bertz CT molecular complexity index is 901. The summed E-state index contributed by atoms with van der Waals surface area (Å²) in [6, 6.07) is 12.0. The Morgan fingerprint density at radius 1 is 0.696 bits per heavy atom. The van der Waals surface area contributed by atoms with E-state index in [9.17, 15) is 0 Å². The first kappa shape index (κ1) is 13.3. The molecule has 0 spiro atoms. The fourth-order valence-corrected chi connectivity index (χ4v) is 2.28. The van der Waals surface area contributed by atoms with Gasteiger partial charge in [-0.15, -0.1) is 0 Å². The fourth-order valence-electron chi connectivity index (χ4n) is 2.28. The Hall–Kier alpha value is -3.41. The van der Waals surface area contributed by atoms with Crippen molar-refractivity contribution in [2.75, 3.05) is 0 Å². The van der Waals surface area contributed by atoms with E-state index in [4.69, 9.17) is 0 Å². The fraction of sp³-hybridized carbons (Fsp3) is 0. The summed E-state index contributed by atoms with van der Waals surface area (Å²) < 4.78 is 0. The van der Waals surface area contributed by atoms with Crippen molar-refractivity contribution in [1.82, 2.24) is 30.1 Å². The molecule has 1 N–H and O–H groups in total. The molecule has 4 aromatic rings. The van der Waals surface area contributed by atoms with Crippen LogP contribution < -0.4 is 0 Å². The first-order valence-corrected chi connectivity index (χ1v) is 7.10. The van der Waals surface area contributed by atoms with E-state index in [1.807, 2.05) is 36.4 Å². The molecule has 23 heavy (non-hydrogen) atoms. The maximum absolute atomic E-state index is 4.47. The van der Waals surface area contributed by atoms with Crippen LogP contribution in [0.5, 0.6) is 0 Å². The van der Waals surface area contributed by atoms with Crippen LogP contribution in [0.3, 0.4) is 0 Å². The first-order chi connectivity index (χ1) is 11.4. The van der Waals surface area contributed by atoms with Gasteiger partial charge in [-0.25, -0.2) is 9.97 Å². The molecule has 0 unspecified atom stereocenters. The predicted octanol–water partition coefficient (Wildman–Crippen LogP) is 2.99. The Kier molecular flexibility index (Phi) is 3.32. The molecule has 110 valence electrons. The molecule has 0 aliphatic carbocycles. The molecule has 3 heterocycles. The molecule has 6 nitrogen and oxygen atoms in total. The van der Waals surface area contributed by atoms with Gasteiger partial charge in [-0.1, -0.05) is 24.3 Å². The molecule has 4 rings (SSSR count). The largest absolute Gasteiger partial charge is 0.265 e. The van der Waals surface area contributed by atoms with Crippen molar-refractivity contribution in [3.05, 3.63) is 67.4 Å². The predicted molar refractivity (Wildman–Crippen MR) is 86.1 cm³/mol. The average molecular weight is 300 g/mol. The van der Waals surface area contributed by atoms with Crippen LogP contribution in [0, 0.1) is 0 Å². The lowest BCUT2D eigenvalue weighted by molar-refractivity contribution is 1.08. The lowest BCUT2D eigenvalue weighted by Gasteiger charge is -2.01. The van der Waals surface area contributed by atoms with Crippen LogP contribution in [0.1, 0.15) is 0 Å². The summed E-state index contributed by atoms with van der Waals surface area (Å²) in [6.07, 6.45) is 8.47. The number of aromatic nitrogens is 6. The van der Waals surface area contributed by atoms with Gasteiger partial charge >= 0.3 is 0 Å². The van der Waals surface area contributed by atoms with Crippen LogP contribution in [0.25, 0.3) is 34.0 Å². The van der Waals surface area contributed by atoms with Gasteiger partial charge in [-0.05, 0) is 23.3 Å². The van der Waals surface area contributed by atoms with Crippen molar-refractivity contribution in [2.24, 2.45) is 0 Å². The minimum Gasteiger partial charge on any atom is -0.265 e. The summed E-state index contributed by atoms with van der Waals surface area (Å²) in [4.78, 5) is 16.7. The summed E-state index contributed by atoms with van der Waals surface area (Å²) in [5.41, 5.74) is 3.86. The zero-order valence-corrected chi connectivity index (χ0v) is 12.1. The van der Waals surface area contributed by atoms with Gasteiger partial charge in [0, 0.05) is 30.4 Å². The number of benzene rings is 1. The van der Waals surface area contributed by atoms with Crippen molar-refractivity contribution in [2.45, 2.75) is 0 Å². The minimum atomic E-state index is 0.603. The van der Waals surface area contributed by atoms with Crippen LogP contribution in [0.2, 0.25) is 0 Å². The van der Waals surface area contributed by atoms with Gasteiger partial charge in [0.05, 0.1) is 6.20 Å². The molecule has 1 aromatic carbocycles. The first-order valence-electron chi connectivity index (χ1n) is 7.10. The molecule has 0 saturated carbocycles. The van der Waals surface area contributed by atoms with Crippen molar-refractivity contribution < 1.29 is 0 Å². The molecule has 0 aliphatic rings. The molecular formula is C17H12N6. The highest BCUT2D eigenvalue weighted by atomic mass is 15.2. The summed E-state index contributed by atoms with van der Waals surface area (Å²) >= 11 is 0.